The van der Waals surface area contributed by atoms with Crippen molar-refractivity contribution in [2.45, 2.75) is 6.42 Å². The van der Waals surface area contributed by atoms with E-state index in [4.69, 9.17) is 4.74 Å². The van der Waals surface area contributed by atoms with Gasteiger partial charge in [-0.2, -0.15) is 0 Å². The highest BCUT2D eigenvalue weighted by molar-refractivity contribution is 5.91. The van der Waals surface area contributed by atoms with Crippen molar-refractivity contribution in [3.05, 3.63) is 64.4 Å². The van der Waals surface area contributed by atoms with Crippen molar-refractivity contribution in [3.63, 3.8) is 0 Å². The Labute approximate surface area is 122 Å². The van der Waals surface area contributed by atoms with E-state index in [1.54, 1.807) is 4.57 Å². The molecule has 0 saturated heterocycles. The van der Waals surface area contributed by atoms with E-state index in [2.05, 4.69) is 0 Å². The molecule has 0 fully saturated rings. The third-order valence-corrected chi connectivity index (χ3v) is 4.16. The van der Waals surface area contributed by atoms with Crippen LogP contribution in [0.25, 0.3) is 22.0 Å². The summed E-state index contributed by atoms with van der Waals surface area (Å²) in [4.78, 5) is 12.6. The van der Waals surface area contributed by atoms with Gasteiger partial charge < -0.3 is 9.30 Å². The van der Waals surface area contributed by atoms with Crippen LogP contribution in [-0.4, -0.2) is 11.2 Å². The van der Waals surface area contributed by atoms with Gasteiger partial charge in [-0.25, -0.2) is 0 Å². The molecule has 1 aliphatic heterocycles. The molecule has 1 aliphatic rings. The smallest absolute Gasteiger partial charge is 0.258 e. The second-order valence-electron chi connectivity index (χ2n) is 5.33. The molecule has 0 amide bonds. The van der Waals surface area contributed by atoms with E-state index in [0.29, 0.717) is 6.61 Å². The summed E-state index contributed by atoms with van der Waals surface area (Å²) in [6, 6.07) is 15.8. The predicted molar refractivity (Wildman–Crippen MR) is 83.8 cm³/mol. The molecule has 0 N–H and O–H groups in total. The maximum absolute atomic E-state index is 12.6. The first-order valence-electron chi connectivity index (χ1n) is 7.10. The van der Waals surface area contributed by atoms with Crippen LogP contribution in [0.15, 0.2) is 53.3 Å². The maximum Gasteiger partial charge on any atom is 0.258 e. The minimum atomic E-state index is 0.0426. The lowest BCUT2D eigenvalue weighted by molar-refractivity contribution is 0.327. The van der Waals surface area contributed by atoms with Gasteiger partial charge in [-0.05, 0) is 29.1 Å². The molecule has 0 aliphatic carbocycles. The zero-order chi connectivity index (χ0) is 14.4. The van der Waals surface area contributed by atoms with Crippen molar-refractivity contribution in [2.75, 3.05) is 6.61 Å². The molecule has 3 heteroatoms. The van der Waals surface area contributed by atoms with Gasteiger partial charge in [-0.1, -0.05) is 30.3 Å². The number of benzene rings is 2. The van der Waals surface area contributed by atoms with E-state index in [0.717, 1.165) is 34.2 Å². The van der Waals surface area contributed by atoms with Crippen LogP contribution in [-0.2, 0) is 13.5 Å². The molecule has 3 aromatic rings. The van der Waals surface area contributed by atoms with Crippen LogP contribution in [0.4, 0.5) is 0 Å². The molecule has 104 valence electrons. The molecule has 21 heavy (non-hydrogen) atoms. The average Bonchev–Trinajstić information content (AvgIpc) is 2.72. The number of rotatable bonds is 0. The Balaban J connectivity index is 2.22. The third kappa shape index (κ3) is 1.70. The number of aromatic nitrogens is 1. The van der Waals surface area contributed by atoms with Crippen molar-refractivity contribution in [3.8, 4) is 17.0 Å². The molecule has 2 heterocycles. The summed E-state index contributed by atoms with van der Waals surface area (Å²) < 4.78 is 7.61. The van der Waals surface area contributed by atoms with Gasteiger partial charge in [0.15, 0.2) is 0 Å². The number of ether oxygens (including phenoxy) is 1. The molecule has 0 bridgehead atoms. The summed E-state index contributed by atoms with van der Waals surface area (Å²) in [7, 11) is 1.84. The Morgan fingerprint density at radius 3 is 2.57 bits per heavy atom. The predicted octanol–water partition coefficient (Wildman–Crippen LogP) is 3.14. The minimum absolute atomic E-state index is 0.0426. The summed E-state index contributed by atoms with van der Waals surface area (Å²) in [6.45, 7) is 0.631. The van der Waals surface area contributed by atoms with E-state index in [-0.39, 0.29) is 5.56 Å². The zero-order valence-electron chi connectivity index (χ0n) is 11.8. The van der Waals surface area contributed by atoms with Crippen LogP contribution in [0.5, 0.6) is 5.75 Å². The molecule has 3 nitrogen and oxygen atoms in total. The standard InChI is InChI=1S/C18H15NO2/c1-19-17-13(12-6-2-3-7-14(12)18(19)20)10-11-21-16-9-5-4-8-15(16)17/h2-9H,10-11H2,1H3. The van der Waals surface area contributed by atoms with Crippen LogP contribution in [0.3, 0.4) is 0 Å². The Morgan fingerprint density at radius 1 is 1.00 bits per heavy atom. The van der Waals surface area contributed by atoms with E-state index >= 15 is 0 Å². The minimum Gasteiger partial charge on any atom is -0.493 e. The lowest BCUT2D eigenvalue weighted by Gasteiger charge is -2.15. The van der Waals surface area contributed by atoms with E-state index in [1.807, 2.05) is 55.6 Å². The van der Waals surface area contributed by atoms with Crippen molar-refractivity contribution in [1.29, 1.82) is 0 Å². The maximum atomic E-state index is 12.6. The Morgan fingerprint density at radius 2 is 1.71 bits per heavy atom. The Hall–Kier alpha value is -2.55. The number of hydrogen-bond acceptors (Lipinski definition) is 2. The number of para-hydroxylation sites is 1. The van der Waals surface area contributed by atoms with Crippen LogP contribution < -0.4 is 10.3 Å². The van der Waals surface area contributed by atoms with Gasteiger partial charge in [0, 0.05) is 24.4 Å². The molecular formula is C18H15NO2. The molecule has 0 unspecified atom stereocenters. The summed E-state index contributed by atoms with van der Waals surface area (Å²) in [5, 5.41) is 1.81. The monoisotopic (exact) mass is 277 g/mol. The van der Waals surface area contributed by atoms with Crippen LogP contribution in [0.2, 0.25) is 0 Å². The highest BCUT2D eigenvalue weighted by atomic mass is 16.5. The SMILES string of the molecule is Cn1c2c(c3ccccc3c1=O)CCOc1ccccc1-2. The molecule has 0 radical (unpaired) electrons. The van der Waals surface area contributed by atoms with Crippen LogP contribution >= 0.6 is 0 Å². The fourth-order valence-electron chi connectivity index (χ4n) is 3.19. The van der Waals surface area contributed by atoms with Gasteiger partial charge in [0.05, 0.1) is 12.3 Å². The first-order chi connectivity index (χ1) is 10.3. The number of pyridine rings is 1. The molecular weight excluding hydrogens is 262 g/mol. The zero-order valence-corrected chi connectivity index (χ0v) is 11.8. The quantitative estimate of drug-likeness (QED) is 0.632. The van der Waals surface area contributed by atoms with Gasteiger partial charge in [-0.3, -0.25) is 4.79 Å². The van der Waals surface area contributed by atoms with E-state index < -0.39 is 0 Å². The highest BCUT2D eigenvalue weighted by Gasteiger charge is 2.21. The Bertz CT molecular complexity index is 909. The average molecular weight is 277 g/mol. The molecule has 4 rings (SSSR count). The van der Waals surface area contributed by atoms with E-state index in [1.165, 1.54) is 5.56 Å². The lowest BCUT2D eigenvalue weighted by Crippen LogP contribution is -2.20. The molecule has 0 atom stereocenters. The van der Waals surface area contributed by atoms with Gasteiger partial charge in [0.1, 0.15) is 5.75 Å². The molecule has 0 saturated carbocycles. The normalized spacial score (nSPS) is 13.2. The summed E-state index contributed by atoms with van der Waals surface area (Å²) >= 11 is 0. The van der Waals surface area contributed by atoms with Gasteiger partial charge in [-0.15, -0.1) is 0 Å². The second-order valence-corrected chi connectivity index (χ2v) is 5.33. The molecule has 0 spiro atoms. The molecule has 2 aromatic carbocycles. The first-order valence-corrected chi connectivity index (χ1v) is 7.10. The van der Waals surface area contributed by atoms with Crippen LogP contribution in [0.1, 0.15) is 5.56 Å². The summed E-state index contributed by atoms with van der Waals surface area (Å²) in [5.41, 5.74) is 3.21. The van der Waals surface area contributed by atoms with Crippen LogP contribution in [0, 0.1) is 0 Å². The van der Waals surface area contributed by atoms with Gasteiger partial charge in [0.2, 0.25) is 0 Å². The van der Waals surface area contributed by atoms with Crippen molar-refractivity contribution < 1.29 is 4.74 Å². The van der Waals surface area contributed by atoms with Crippen molar-refractivity contribution >= 4 is 10.8 Å². The fourth-order valence-corrected chi connectivity index (χ4v) is 3.19. The summed E-state index contributed by atoms with van der Waals surface area (Å²) in [6.07, 6.45) is 0.804. The van der Waals surface area contributed by atoms with E-state index in [9.17, 15) is 4.79 Å². The Kier molecular flexibility index (Phi) is 2.61. The molecule has 1 aromatic heterocycles. The largest absolute Gasteiger partial charge is 0.493 e. The second kappa shape index (κ2) is 4.48. The number of hydrogen-bond donors (Lipinski definition) is 0. The topological polar surface area (TPSA) is 31.2 Å². The number of nitrogens with zero attached hydrogens (tertiary/aromatic N) is 1. The first kappa shape index (κ1) is 12.2. The fraction of sp³-hybridized carbons (Fsp3) is 0.167. The number of fused-ring (bicyclic) bond motifs is 5. The van der Waals surface area contributed by atoms with Gasteiger partial charge >= 0.3 is 0 Å². The summed E-state index contributed by atoms with van der Waals surface area (Å²) in [5.74, 6) is 0.849. The van der Waals surface area contributed by atoms with Crippen molar-refractivity contribution in [2.24, 2.45) is 7.05 Å². The lowest BCUT2D eigenvalue weighted by atomic mass is 9.97. The van der Waals surface area contributed by atoms with Gasteiger partial charge in [0.25, 0.3) is 5.56 Å². The third-order valence-electron chi connectivity index (χ3n) is 4.16. The highest BCUT2D eigenvalue weighted by Crippen LogP contribution is 2.36. The van der Waals surface area contributed by atoms with Crippen molar-refractivity contribution in [1.82, 2.24) is 4.57 Å².